The van der Waals surface area contributed by atoms with E-state index in [1.54, 1.807) is 0 Å². The molecule has 18 heavy (non-hydrogen) atoms. The lowest BCUT2D eigenvalue weighted by Gasteiger charge is -2.14. The largest absolute Gasteiger partial charge is 0.372 e. The van der Waals surface area contributed by atoms with Gasteiger partial charge in [-0.3, -0.25) is 0 Å². The fourth-order valence-electron chi connectivity index (χ4n) is 3.23. The highest BCUT2D eigenvalue weighted by Gasteiger charge is 2.18. The number of alkyl halides is 1. The molecule has 1 unspecified atom stereocenters. The lowest BCUT2D eigenvalue weighted by atomic mass is 9.97. The molecule has 0 saturated heterocycles. The first-order valence-corrected chi connectivity index (χ1v) is 8.08. The molecule has 1 aliphatic carbocycles. The fraction of sp³-hybridized carbons (Fsp3) is 0.625. The highest BCUT2D eigenvalue weighted by molar-refractivity contribution is 9.09. The lowest BCUT2D eigenvalue weighted by molar-refractivity contribution is 0.134. The molecule has 1 saturated carbocycles. The molecule has 1 heterocycles. The Labute approximate surface area is 118 Å². The van der Waals surface area contributed by atoms with Crippen molar-refractivity contribution >= 4 is 15.9 Å². The SMILES string of the molecule is BrC(CCC1CCCC1)c1ccc2c(c1)COC2. The number of ether oxygens (including phenoxy) is 1. The van der Waals surface area contributed by atoms with E-state index >= 15 is 0 Å². The molecule has 0 bridgehead atoms. The zero-order valence-corrected chi connectivity index (χ0v) is 12.4. The van der Waals surface area contributed by atoms with Gasteiger partial charge in [-0.25, -0.2) is 0 Å². The molecule has 2 aliphatic rings. The number of rotatable bonds is 4. The van der Waals surface area contributed by atoms with Gasteiger partial charge in [0.2, 0.25) is 0 Å². The molecular formula is C16H21BrO. The topological polar surface area (TPSA) is 9.23 Å². The van der Waals surface area contributed by atoms with Crippen LogP contribution in [0, 0.1) is 5.92 Å². The number of hydrogen-bond donors (Lipinski definition) is 0. The first-order valence-electron chi connectivity index (χ1n) is 7.16. The normalized spacial score (nSPS) is 21.2. The van der Waals surface area contributed by atoms with Crippen LogP contribution >= 0.6 is 15.9 Å². The summed E-state index contributed by atoms with van der Waals surface area (Å²) in [6.45, 7) is 1.59. The summed E-state index contributed by atoms with van der Waals surface area (Å²) in [5, 5.41) is 0. The first kappa shape index (κ1) is 12.7. The van der Waals surface area contributed by atoms with Gasteiger partial charge in [-0.15, -0.1) is 0 Å². The molecule has 1 atom stereocenters. The van der Waals surface area contributed by atoms with E-state index in [-0.39, 0.29) is 0 Å². The van der Waals surface area contributed by atoms with Crippen LogP contribution in [0.5, 0.6) is 0 Å². The summed E-state index contributed by atoms with van der Waals surface area (Å²) in [6.07, 6.45) is 8.46. The van der Waals surface area contributed by atoms with Crippen molar-refractivity contribution in [1.29, 1.82) is 0 Å². The van der Waals surface area contributed by atoms with Crippen LogP contribution in [-0.2, 0) is 18.0 Å². The van der Waals surface area contributed by atoms with E-state index in [2.05, 4.69) is 34.1 Å². The Kier molecular flexibility index (Phi) is 4.05. The molecule has 98 valence electrons. The predicted molar refractivity (Wildman–Crippen MR) is 77.8 cm³/mol. The standard InChI is InChI=1S/C16H21BrO/c17-16(8-5-12-3-1-2-4-12)13-6-7-14-10-18-11-15(14)9-13/h6-7,9,12,16H,1-5,8,10-11H2. The summed E-state index contributed by atoms with van der Waals surface area (Å²) in [4.78, 5) is 0.518. The summed E-state index contributed by atoms with van der Waals surface area (Å²) in [5.41, 5.74) is 4.18. The zero-order chi connectivity index (χ0) is 12.4. The monoisotopic (exact) mass is 308 g/mol. The van der Waals surface area contributed by atoms with Gasteiger partial charge in [-0.1, -0.05) is 59.8 Å². The Balaban J connectivity index is 1.59. The van der Waals surface area contributed by atoms with Crippen molar-refractivity contribution in [1.82, 2.24) is 0 Å². The molecule has 0 aromatic heterocycles. The predicted octanol–water partition coefficient (Wildman–Crippen LogP) is 5.12. The number of hydrogen-bond acceptors (Lipinski definition) is 1. The van der Waals surface area contributed by atoms with Crippen molar-refractivity contribution in [3.63, 3.8) is 0 Å². The lowest BCUT2D eigenvalue weighted by Crippen LogP contribution is -1.98. The van der Waals surface area contributed by atoms with Crippen molar-refractivity contribution in [2.24, 2.45) is 5.92 Å². The van der Waals surface area contributed by atoms with E-state index in [0.29, 0.717) is 4.83 Å². The maximum Gasteiger partial charge on any atom is 0.0725 e. The Bertz CT molecular complexity index is 410. The molecule has 0 N–H and O–H groups in total. The maximum atomic E-state index is 5.48. The van der Waals surface area contributed by atoms with Gasteiger partial charge in [0.05, 0.1) is 13.2 Å². The van der Waals surface area contributed by atoms with E-state index in [1.807, 2.05) is 0 Å². The smallest absolute Gasteiger partial charge is 0.0725 e. The van der Waals surface area contributed by atoms with Gasteiger partial charge in [-0.05, 0) is 35.4 Å². The summed E-state index contributed by atoms with van der Waals surface area (Å²) in [5.74, 6) is 0.989. The van der Waals surface area contributed by atoms with Gasteiger partial charge < -0.3 is 4.74 Å². The molecule has 1 fully saturated rings. The van der Waals surface area contributed by atoms with Crippen LogP contribution in [0.1, 0.15) is 60.0 Å². The Morgan fingerprint density at radius 3 is 2.78 bits per heavy atom. The van der Waals surface area contributed by atoms with Gasteiger partial charge >= 0.3 is 0 Å². The highest BCUT2D eigenvalue weighted by atomic mass is 79.9. The van der Waals surface area contributed by atoms with Crippen LogP contribution in [0.3, 0.4) is 0 Å². The van der Waals surface area contributed by atoms with Gasteiger partial charge in [0.25, 0.3) is 0 Å². The van der Waals surface area contributed by atoms with E-state index in [0.717, 1.165) is 19.1 Å². The van der Waals surface area contributed by atoms with Crippen LogP contribution in [0.2, 0.25) is 0 Å². The molecule has 1 aliphatic heterocycles. The Hall–Kier alpha value is -0.340. The first-order chi connectivity index (χ1) is 8.83. The van der Waals surface area contributed by atoms with Crippen LogP contribution in [-0.4, -0.2) is 0 Å². The molecule has 1 nitrogen and oxygen atoms in total. The Morgan fingerprint density at radius 2 is 1.94 bits per heavy atom. The van der Waals surface area contributed by atoms with Crippen molar-refractivity contribution in [3.05, 3.63) is 34.9 Å². The second-order valence-corrected chi connectivity index (χ2v) is 6.82. The second-order valence-electron chi connectivity index (χ2n) is 5.72. The van der Waals surface area contributed by atoms with E-state index in [4.69, 9.17) is 4.74 Å². The zero-order valence-electron chi connectivity index (χ0n) is 10.8. The molecule has 1 aromatic rings. The van der Waals surface area contributed by atoms with Crippen LogP contribution in [0.25, 0.3) is 0 Å². The van der Waals surface area contributed by atoms with E-state index < -0.39 is 0 Å². The van der Waals surface area contributed by atoms with Crippen LogP contribution in [0.15, 0.2) is 18.2 Å². The molecule has 2 heteroatoms. The highest BCUT2D eigenvalue weighted by Crippen LogP contribution is 2.36. The van der Waals surface area contributed by atoms with Crippen molar-refractivity contribution in [2.45, 2.75) is 56.6 Å². The average Bonchev–Trinajstić information content (AvgIpc) is 3.05. The third kappa shape index (κ3) is 2.80. The molecule has 0 spiro atoms. The summed E-state index contributed by atoms with van der Waals surface area (Å²) in [6, 6.07) is 6.83. The quantitative estimate of drug-likeness (QED) is 0.701. The summed E-state index contributed by atoms with van der Waals surface area (Å²) < 4.78 is 5.48. The number of halogens is 1. The molecular weight excluding hydrogens is 288 g/mol. The number of benzene rings is 1. The van der Waals surface area contributed by atoms with Gasteiger partial charge in [0.15, 0.2) is 0 Å². The minimum Gasteiger partial charge on any atom is -0.372 e. The maximum absolute atomic E-state index is 5.48. The Morgan fingerprint density at radius 1 is 1.17 bits per heavy atom. The molecule has 0 amide bonds. The van der Waals surface area contributed by atoms with Crippen LogP contribution < -0.4 is 0 Å². The third-order valence-corrected chi connectivity index (χ3v) is 5.40. The van der Waals surface area contributed by atoms with Gasteiger partial charge in [0.1, 0.15) is 0 Å². The number of fused-ring (bicyclic) bond motifs is 1. The van der Waals surface area contributed by atoms with Gasteiger partial charge in [-0.2, -0.15) is 0 Å². The van der Waals surface area contributed by atoms with Crippen molar-refractivity contribution in [3.8, 4) is 0 Å². The van der Waals surface area contributed by atoms with Crippen molar-refractivity contribution < 1.29 is 4.74 Å². The minimum atomic E-state index is 0.518. The fourth-order valence-corrected chi connectivity index (χ4v) is 3.78. The van der Waals surface area contributed by atoms with E-state index in [9.17, 15) is 0 Å². The minimum absolute atomic E-state index is 0.518. The van der Waals surface area contributed by atoms with E-state index in [1.165, 1.54) is 55.2 Å². The van der Waals surface area contributed by atoms with Crippen molar-refractivity contribution in [2.75, 3.05) is 0 Å². The molecule has 1 aromatic carbocycles. The molecule has 0 radical (unpaired) electrons. The van der Waals surface area contributed by atoms with Gasteiger partial charge in [0, 0.05) is 4.83 Å². The molecule has 3 rings (SSSR count). The van der Waals surface area contributed by atoms with Crippen LogP contribution in [0.4, 0.5) is 0 Å². The third-order valence-electron chi connectivity index (χ3n) is 4.41. The second kappa shape index (κ2) is 5.75. The average molecular weight is 309 g/mol. The summed E-state index contributed by atoms with van der Waals surface area (Å²) in [7, 11) is 0. The summed E-state index contributed by atoms with van der Waals surface area (Å²) >= 11 is 3.86.